The number of phenols is 2. The van der Waals surface area contributed by atoms with E-state index >= 15 is 0 Å². The van der Waals surface area contributed by atoms with Gasteiger partial charge in [0.05, 0.1) is 6.20 Å². The molecular weight excluding hydrogens is 142 g/mol. The second-order valence-electron chi connectivity index (χ2n) is 2.34. The lowest BCUT2D eigenvalue weighted by Crippen LogP contribution is -1.69. The summed E-state index contributed by atoms with van der Waals surface area (Å²) in [5, 5.41) is 18.9. The molecule has 55 valence electrons. The number of phenolic OH excluding ortho intramolecular Hbond substituents is 2. The first-order valence-electron chi connectivity index (χ1n) is 3.18. The Bertz CT molecular complexity index is 356. The highest BCUT2D eigenvalue weighted by Gasteiger charge is 2.01. The number of fused-ring (bicyclic) bond motifs is 1. The van der Waals surface area contributed by atoms with E-state index < -0.39 is 0 Å². The van der Waals surface area contributed by atoms with Crippen molar-refractivity contribution in [2.45, 2.75) is 0 Å². The maximum absolute atomic E-state index is 9.06. The van der Waals surface area contributed by atoms with Gasteiger partial charge in [-0.25, -0.2) is 0 Å². The number of benzene rings is 1. The summed E-state index contributed by atoms with van der Waals surface area (Å²) in [6.45, 7) is 0. The summed E-state index contributed by atoms with van der Waals surface area (Å²) in [5.41, 5.74) is 0.764. The Kier molecular flexibility index (Phi) is 1.06. The Balaban J connectivity index is 2.86. The number of nitrogens with one attached hydrogen (secondary N) is 1. The maximum Gasteiger partial charge on any atom is 0.159 e. The molecule has 3 nitrogen and oxygen atoms in total. The smallest absolute Gasteiger partial charge is 0.159 e. The Hall–Kier alpha value is -1.64. The summed E-state index contributed by atoms with van der Waals surface area (Å²) in [7, 11) is 0. The van der Waals surface area contributed by atoms with E-state index in [1.807, 2.05) is 0 Å². The molecule has 0 aliphatic rings. The number of hydrogen-bond acceptors (Lipinski definition) is 2. The van der Waals surface area contributed by atoms with Gasteiger partial charge in [-0.1, -0.05) is 0 Å². The number of hydrogen-bond donors (Lipinski definition) is 3. The first kappa shape index (κ1) is 6.09. The van der Waals surface area contributed by atoms with E-state index in [0.29, 0.717) is 0 Å². The zero-order valence-corrected chi connectivity index (χ0v) is 5.63. The second kappa shape index (κ2) is 1.92. The fourth-order valence-electron chi connectivity index (χ4n) is 1.01. The van der Waals surface area contributed by atoms with Crippen LogP contribution in [0.1, 0.15) is 0 Å². The molecule has 0 saturated carbocycles. The van der Waals surface area contributed by atoms with E-state index in [4.69, 9.17) is 10.2 Å². The summed E-state index contributed by atoms with van der Waals surface area (Å²) in [6.07, 6.45) is 2.74. The highest BCUT2D eigenvalue weighted by atomic mass is 16.3. The van der Waals surface area contributed by atoms with Crippen LogP contribution in [0.3, 0.4) is 0 Å². The van der Waals surface area contributed by atoms with E-state index in [1.54, 1.807) is 6.07 Å². The molecule has 11 heavy (non-hydrogen) atoms. The monoisotopic (exact) mass is 148 g/mol. The summed E-state index contributed by atoms with van der Waals surface area (Å²) in [4.78, 5) is 2.79. The van der Waals surface area contributed by atoms with E-state index in [9.17, 15) is 0 Å². The molecule has 0 bridgehead atoms. The third kappa shape index (κ3) is 0.816. The lowest BCUT2D eigenvalue weighted by atomic mass is 10.2. The van der Waals surface area contributed by atoms with Gasteiger partial charge in [0.15, 0.2) is 11.5 Å². The van der Waals surface area contributed by atoms with Gasteiger partial charge in [0, 0.05) is 17.0 Å². The topological polar surface area (TPSA) is 56.2 Å². The van der Waals surface area contributed by atoms with Gasteiger partial charge in [-0.2, -0.15) is 0 Å². The van der Waals surface area contributed by atoms with Gasteiger partial charge in [-0.15, -0.1) is 0 Å². The molecule has 0 aliphatic heterocycles. The number of H-pyrrole nitrogens is 1. The van der Waals surface area contributed by atoms with E-state index in [-0.39, 0.29) is 11.5 Å². The van der Waals surface area contributed by atoms with Crippen LogP contribution in [-0.2, 0) is 0 Å². The Labute approximate surface area is 62.9 Å². The van der Waals surface area contributed by atoms with Crippen LogP contribution in [0.5, 0.6) is 11.5 Å². The molecule has 1 heterocycles. The normalized spacial score (nSPS) is 10.5. The fourth-order valence-corrected chi connectivity index (χ4v) is 1.01. The predicted molar refractivity (Wildman–Crippen MR) is 40.5 cm³/mol. The molecule has 0 fully saturated rings. The molecule has 1 radical (unpaired) electrons. The molecule has 0 atom stereocenters. The molecular formula is C8H6NO2. The van der Waals surface area contributed by atoms with Gasteiger partial charge >= 0.3 is 0 Å². The van der Waals surface area contributed by atoms with Gasteiger partial charge in [-0.05, 0) is 12.1 Å². The molecule has 0 aliphatic carbocycles. The van der Waals surface area contributed by atoms with Crippen LogP contribution in [0.4, 0.5) is 0 Å². The van der Waals surface area contributed by atoms with Crippen molar-refractivity contribution in [2.75, 3.05) is 0 Å². The SMILES string of the molecule is Oc1cc2c[c][nH]c2cc1O. The third-order valence-electron chi connectivity index (χ3n) is 1.58. The van der Waals surface area contributed by atoms with Crippen molar-refractivity contribution < 1.29 is 10.2 Å². The van der Waals surface area contributed by atoms with Crippen molar-refractivity contribution in [1.29, 1.82) is 0 Å². The van der Waals surface area contributed by atoms with Crippen molar-refractivity contribution in [1.82, 2.24) is 4.98 Å². The molecule has 3 N–H and O–H groups in total. The third-order valence-corrected chi connectivity index (χ3v) is 1.58. The zero-order valence-electron chi connectivity index (χ0n) is 5.63. The molecule has 3 heteroatoms. The maximum atomic E-state index is 9.06. The van der Waals surface area contributed by atoms with Crippen LogP contribution >= 0.6 is 0 Å². The van der Waals surface area contributed by atoms with Crippen LogP contribution in [0.2, 0.25) is 0 Å². The van der Waals surface area contributed by atoms with Crippen LogP contribution in [0.25, 0.3) is 10.9 Å². The highest BCUT2D eigenvalue weighted by Crippen LogP contribution is 2.28. The van der Waals surface area contributed by atoms with E-state index in [0.717, 1.165) is 10.9 Å². The summed E-state index contributed by atoms with van der Waals surface area (Å²) in [6, 6.07) is 4.65. The quantitative estimate of drug-likeness (QED) is 0.494. The van der Waals surface area contributed by atoms with Crippen molar-refractivity contribution in [2.24, 2.45) is 0 Å². The Morgan fingerprint density at radius 2 is 1.91 bits per heavy atom. The van der Waals surface area contributed by atoms with Crippen LogP contribution in [0.15, 0.2) is 18.2 Å². The first-order chi connectivity index (χ1) is 5.27. The lowest BCUT2D eigenvalue weighted by molar-refractivity contribution is 0.405. The van der Waals surface area contributed by atoms with Crippen molar-refractivity contribution in [3.8, 4) is 11.5 Å². The summed E-state index contributed by atoms with van der Waals surface area (Å²) < 4.78 is 0. The predicted octanol–water partition coefficient (Wildman–Crippen LogP) is 1.38. The first-order valence-corrected chi connectivity index (χ1v) is 3.18. The number of aromatic amines is 1. The number of rotatable bonds is 0. The molecule has 1 aromatic heterocycles. The molecule has 2 aromatic rings. The molecule has 0 spiro atoms. The summed E-state index contributed by atoms with van der Waals surface area (Å²) >= 11 is 0. The van der Waals surface area contributed by atoms with Gasteiger partial charge in [-0.3, -0.25) is 0 Å². The molecule has 0 amide bonds. The van der Waals surface area contributed by atoms with Crippen molar-refractivity contribution in [3.05, 3.63) is 24.4 Å². The van der Waals surface area contributed by atoms with Gasteiger partial charge < -0.3 is 15.2 Å². The molecule has 0 saturated heterocycles. The zero-order chi connectivity index (χ0) is 7.84. The highest BCUT2D eigenvalue weighted by molar-refractivity contribution is 5.82. The van der Waals surface area contributed by atoms with Crippen LogP contribution in [0, 0.1) is 6.20 Å². The molecule has 0 unspecified atom stereocenters. The minimum atomic E-state index is -0.117. The van der Waals surface area contributed by atoms with E-state index in [2.05, 4.69) is 11.2 Å². The number of aromatic hydroxyl groups is 2. The fraction of sp³-hybridized carbons (Fsp3) is 0. The van der Waals surface area contributed by atoms with E-state index in [1.165, 1.54) is 12.1 Å². The van der Waals surface area contributed by atoms with Crippen LogP contribution in [-0.4, -0.2) is 15.2 Å². The largest absolute Gasteiger partial charge is 0.504 e. The molecule has 2 rings (SSSR count). The second-order valence-corrected chi connectivity index (χ2v) is 2.34. The minimum Gasteiger partial charge on any atom is -0.504 e. The average molecular weight is 148 g/mol. The van der Waals surface area contributed by atoms with Crippen molar-refractivity contribution in [3.63, 3.8) is 0 Å². The average Bonchev–Trinajstić information content (AvgIpc) is 2.36. The number of aromatic nitrogens is 1. The minimum absolute atomic E-state index is 0.106. The molecule has 1 aromatic carbocycles. The van der Waals surface area contributed by atoms with Gasteiger partial charge in [0.1, 0.15) is 0 Å². The lowest BCUT2D eigenvalue weighted by Gasteiger charge is -1.95. The standard InChI is InChI=1S/C8H6NO2/c10-7-3-5-1-2-9-6(5)4-8(7)11/h1,3-4,9-11H. The van der Waals surface area contributed by atoms with Crippen molar-refractivity contribution >= 4 is 10.9 Å². The summed E-state index contributed by atoms with van der Waals surface area (Å²) in [5.74, 6) is -0.223. The van der Waals surface area contributed by atoms with Crippen LogP contribution < -0.4 is 0 Å². The van der Waals surface area contributed by atoms with Gasteiger partial charge in [0.25, 0.3) is 0 Å². The Morgan fingerprint density at radius 1 is 1.18 bits per heavy atom. The Morgan fingerprint density at radius 3 is 2.73 bits per heavy atom. The van der Waals surface area contributed by atoms with Gasteiger partial charge in [0.2, 0.25) is 0 Å².